The molecule has 1 aliphatic rings. The first-order valence-corrected chi connectivity index (χ1v) is 10.2. The molecule has 6 nitrogen and oxygen atoms in total. The van der Waals surface area contributed by atoms with Crippen LogP contribution < -0.4 is 15.5 Å². The van der Waals surface area contributed by atoms with Crippen LogP contribution in [0.1, 0.15) is 22.3 Å². The summed E-state index contributed by atoms with van der Waals surface area (Å²) in [4.78, 5) is 40.5. The Morgan fingerprint density at radius 3 is 2.58 bits per heavy atom. The number of para-hydroxylation sites is 2. The van der Waals surface area contributed by atoms with Crippen LogP contribution in [0.3, 0.4) is 0 Å². The third kappa shape index (κ3) is 4.44. The minimum absolute atomic E-state index is 0.204. The highest BCUT2D eigenvalue weighted by molar-refractivity contribution is 6.31. The number of nitrogens with zero attached hydrogens (tertiary/aromatic N) is 1. The standard InChI is InChI=1S/C24H20ClN3O3/c1-15-6-4-7-16(12-15)24(31)28-20-11-3-2-10-19(20)27-23(30)21(28)14-22(29)26-18-9-5-8-17(25)13-18/h2-13,21H,14H2,1H3,(H,26,29)(H,27,30)/t21-/m1/s1. The molecule has 7 heteroatoms. The smallest absolute Gasteiger partial charge is 0.259 e. The summed E-state index contributed by atoms with van der Waals surface area (Å²) in [6.07, 6.45) is -0.204. The van der Waals surface area contributed by atoms with Crippen molar-refractivity contribution in [1.29, 1.82) is 0 Å². The van der Waals surface area contributed by atoms with Gasteiger partial charge in [-0.25, -0.2) is 0 Å². The molecule has 1 aliphatic heterocycles. The van der Waals surface area contributed by atoms with Crippen LogP contribution in [0.25, 0.3) is 0 Å². The maximum Gasteiger partial charge on any atom is 0.259 e. The lowest BCUT2D eigenvalue weighted by molar-refractivity contribution is -0.122. The van der Waals surface area contributed by atoms with Crippen molar-refractivity contribution in [2.75, 3.05) is 15.5 Å². The van der Waals surface area contributed by atoms with Crippen LogP contribution >= 0.6 is 11.6 Å². The van der Waals surface area contributed by atoms with Crippen molar-refractivity contribution in [3.05, 3.63) is 88.9 Å². The zero-order chi connectivity index (χ0) is 22.0. The van der Waals surface area contributed by atoms with Gasteiger partial charge in [-0.05, 0) is 49.4 Å². The molecule has 3 amide bonds. The Hall–Kier alpha value is -3.64. The van der Waals surface area contributed by atoms with Gasteiger partial charge in [-0.1, -0.05) is 47.5 Å². The molecule has 156 valence electrons. The number of amides is 3. The van der Waals surface area contributed by atoms with Gasteiger partial charge in [0.2, 0.25) is 11.8 Å². The molecule has 2 N–H and O–H groups in total. The lowest BCUT2D eigenvalue weighted by Gasteiger charge is -2.36. The summed E-state index contributed by atoms with van der Waals surface area (Å²) in [6, 6.07) is 19.9. The highest BCUT2D eigenvalue weighted by Gasteiger charge is 2.38. The predicted molar refractivity (Wildman–Crippen MR) is 122 cm³/mol. The molecule has 0 aliphatic carbocycles. The molecule has 0 bridgehead atoms. The Kier molecular flexibility index (Phi) is 5.73. The fourth-order valence-corrected chi connectivity index (χ4v) is 3.79. The molecule has 0 spiro atoms. The summed E-state index contributed by atoms with van der Waals surface area (Å²) in [6.45, 7) is 1.89. The van der Waals surface area contributed by atoms with E-state index in [4.69, 9.17) is 11.6 Å². The predicted octanol–water partition coefficient (Wildman–Crippen LogP) is 4.64. The molecule has 0 radical (unpaired) electrons. The van der Waals surface area contributed by atoms with Crippen LogP contribution in [0.2, 0.25) is 5.02 Å². The first-order valence-electron chi connectivity index (χ1n) is 9.78. The number of halogens is 1. The van der Waals surface area contributed by atoms with Gasteiger partial charge < -0.3 is 10.6 Å². The van der Waals surface area contributed by atoms with E-state index in [1.165, 1.54) is 4.90 Å². The minimum atomic E-state index is -0.998. The Bertz CT molecular complexity index is 1180. The molecule has 1 atom stereocenters. The van der Waals surface area contributed by atoms with Crippen molar-refractivity contribution >= 4 is 46.4 Å². The van der Waals surface area contributed by atoms with Crippen LogP contribution in [-0.2, 0) is 9.59 Å². The zero-order valence-electron chi connectivity index (χ0n) is 16.8. The van der Waals surface area contributed by atoms with Crippen molar-refractivity contribution in [2.24, 2.45) is 0 Å². The number of aryl methyl sites for hydroxylation is 1. The van der Waals surface area contributed by atoms with E-state index in [1.807, 2.05) is 13.0 Å². The van der Waals surface area contributed by atoms with Gasteiger partial charge >= 0.3 is 0 Å². The summed E-state index contributed by atoms with van der Waals surface area (Å²) in [5, 5.41) is 6.03. The first kappa shape index (κ1) is 20.6. The zero-order valence-corrected chi connectivity index (χ0v) is 17.5. The van der Waals surface area contributed by atoms with Gasteiger partial charge in [0.05, 0.1) is 17.8 Å². The molecule has 3 aromatic rings. The van der Waals surface area contributed by atoms with E-state index in [2.05, 4.69) is 10.6 Å². The quantitative estimate of drug-likeness (QED) is 0.628. The number of rotatable bonds is 4. The number of benzene rings is 3. The van der Waals surface area contributed by atoms with Gasteiger partial charge in [0.1, 0.15) is 6.04 Å². The molecule has 31 heavy (non-hydrogen) atoms. The molecule has 4 rings (SSSR count). The van der Waals surface area contributed by atoms with Gasteiger partial charge in [-0.15, -0.1) is 0 Å². The maximum absolute atomic E-state index is 13.5. The summed E-state index contributed by atoms with van der Waals surface area (Å²) >= 11 is 5.98. The monoisotopic (exact) mass is 433 g/mol. The lowest BCUT2D eigenvalue weighted by Crippen LogP contribution is -2.52. The average Bonchev–Trinajstić information content (AvgIpc) is 2.74. The number of hydrogen-bond acceptors (Lipinski definition) is 3. The molecule has 0 fully saturated rings. The third-order valence-electron chi connectivity index (χ3n) is 5.01. The topological polar surface area (TPSA) is 78.5 Å². The van der Waals surface area contributed by atoms with Crippen molar-refractivity contribution < 1.29 is 14.4 Å². The van der Waals surface area contributed by atoms with E-state index in [1.54, 1.807) is 66.7 Å². The number of nitrogens with one attached hydrogen (secondary N) is 2. The highest BCUT2D eigenvalue weighted by Crippen LogP contribution is 2.34. The largest absolute Gasteiger partial charge is 0.326 e. The van der Waals surface area contributed by atoms with Gasteiger partial charge in [-0.3, -0.25) is 19.3 Å². The Labute approximate surface area is 184 Å². The van der Waals surface area contributed by atoms with Gasteiger partial charge in [0.15, 0.2) is 0 Å². The van der Waals surface area contributed by atoms with Gasteiger partial charge in [-0.2, -0.15) is 0 Å². The minimum Gasteiger partial charge on any atom is -0.326 e. The van der Waals surface area contributed by atoms with Crippen molar-refractivity contribution in [3.8, 4) is 0 Å². The van der Waals surface area contributed by atoms with Crippen LogP contribution in [0.15, 0.2) is 72.8 Å². The Morgan fingerprint density at radius 2 is 1.81 bits per heavy atom. The Morgan fingerprint density at radius 1 is 1.03 bits per heavy atom. The van der Waals surface area contributed by atoms with E-state index >= 15 is 0 Å². The summed E-state index contributed by atoms with van der Waals surface area (Å²) in [7, 11) is 0. The molecule has 0 unspecified atom stereocenters. The lowest BCUT2D eigenvalue weighted by atomic mass is 10.0. The van der Waals surface area contributed by atoms with E-state index < -0.39 is 17.9 Å². The van der Waals surface area contributed by atoms with Crippen molar-refractivity contribution in [1.82, 2.24) is 0 Å². The van der Waals surface area contributed by atoms with Crippen molar-refractivity contribution in [3.63, 3.8) is 0 Å². The average molecular weight is 434 g/mol. The molecule has 3 aromatic carbocycles. The second kappa shape index (κ2) is 8.62. The van der Waals surface area contributed by atoms with E-state index in [0.717, 1.165) is 5.56 Å². The summed E-state index contributed by atoms with van der Waals surface area (Å²) in [5.74, 6) is -1.16. The van der Waals surface area contributed by atoms with Crippen LogP contribution in [0.5, 0.6) is 0 Å². The van der Waals surface area contributed by atoms with Crippen LogP contribution in [0, 0.1) is 6.92 Å². The number of anilines is 3. The molecular formula is C24H20ClN3O3. The maximum atomic E-state index is 13.5. The highest BCUT2D eigenvalue weighted by atomic mass is 35.5. The van der Waals surface area contributed by atoms with Gasteiger partial charge in [0.25, 0.3) is 5.91 Å². The third-order valence-corrected chi connectivity index (χ3v) is 5.24. The van der Waals surface area contributed by atoms with E-state index in [-0.39, 0.29) is 12.3 Å². The SMILES string of the molecule is Cc1cccc(C(=O)N2c3ccccc3NC(=O)[C@H]2CC(=O)Nc2cccc(Cl)c2)c1. The second-order valence-corrected chi connectivity index (χ2v) is 7.77. The number of hydrogen-bond donors (Lipinski definition) is 2. The van der Waals surface area contributed by atoms with Gasteiger partial charge in [0, 0.05) is 16.3 Å². The fraction of sp³-hybridized carbons (Fsp3) is 0.125. The first-order chi connectivity index (χ1) is 14.9. The van der Waals surface area contributed by atoms with E-state index in [9.17, 15) is 14.4 Å². The molecule has 1 heterocycles. The molecule has 0 aromatic heterocycles. The van der Waals surface area contributed by atoms with Crippen molar-refractivity contribution in [2.45, 2.75) is 19.4 Å². The fourth-order valence-electron chi connectivity index (χ4n) is 3.60. The van der Waals surface area contributed by atoms with E-state index in [0.29, 0.717) is 27.6 Å². The number of carbonyl (C=O) groups is 3. The number of fused-ring (bicyclic) bond motifs is 1. The normalized spacial score (nSPS) is 15.1. The second-order valence-electron chi connectivity index (χ2n) is 7.33. The van der Waals surface area contributed by atoms with Crippen LogP contribution in [0.4, 0.5) is 17.1 Å². The summed E-state index contributed by atoms with van der Waals surface area (Å²) in [5.41, 5.74) is 2.97. The number of carbonyl (C=O) groups excluding carboxylic acids is 3. The summed E-state index contributed by atoms with van der Waals surface area (Å²) < 4.78 is 0. The molecule has 0 saturated carbocycles. The molecule has 0 saturated heterocycles. The van der Waals surface area contributed by atoms with Crippen LogP contribution in [-0.4, -0.2) is 23.8 Å². The Balaban J connectivity index is 1.66. The molecular weight excluding hydrogens is 414 g/mol.